The Bertz CT molecular complexity index is 819. The van der Waals surface area contributed by atoms with E-state index >= 15 is 0 Å². The van der Waals surface area contributed by atoms with Gasteiger partial charge in [0.2, 0.25) is 10.0 Å². The highest BCUT2D eigenvalue weighted by Gasteiger charge is 2.32. The number of nitrogens with one attached hydrogen (secondary N) is 2. The van der Waals surface area contributed by atoms with Crippen LogP contribution in [0.4, 0.5) is 5.69 Å². The average Bonchev–Trinajstić information content (AvgIpc) is 3.09. The van der Waals surface area contributed by atoms with Gasteiger partial charge in [-0.15, -0.1) is 0 Å². The van der Waals surface area contributed by atoms with Gasteiger partial charge in [-0.05, 0) is 44.9 Å². The first-order valence-corrected chi connectivity index (χ1v) is 12.4. The van der Waals surface area contributed by atoms with E-state index in [2.05, 4.69) is 10.0 Å². The lowest BCUT2D eigenvalue weighted by atomic mass is 10.3. The predicted octanol–water partition coefficient (Wildman–Crippen LogP) is 1.92. The Hall–Kier alpha value is -1.20. The Labute approximate surface area is 162 Å². The van der Waals surface area contributed by atoms with Crippen molar-refractivity contribution in [2.24, 2.45) is 0 Å². The quantitative estimate of drug-likeness (QED) is 0.443. The number of sulfonamides is 2. The SMILES string of the molecule is CC(C)N(OC1CCCC1)S(=O)(=O)c1cccc(NCCNS(C)(=O)=O)c1. The fourth-order valence-corrected chi connectivity index (χ4v) is 4.91. The summed E-state index contributed by atoms with van der Waals surface area (Å²) in [4.78, 5) is 5.95. The van der Waals surface area contributed by atoms with E-state index in [0.717, 1.165) is 36.4 Å². The van der Waals surface area contributed by atoms with E-state index in [4.69, 9.17) is 4.84 Å². The molecule has 0 aliphatic heterocycles. The van der Waals surface area contributed by atoms with Crippen molar-refractivity contribution in [3.63, 3.8) is 0 Å². The van der Waals surface area contributed by atoms with Crippen LogP contribution in [-0.4, -0.2) is 52.8 Å². The fourth-order valence-electron chi connectivity index (χ4n) is 2.91. The highest BCUT2D eigenvalue weighted by Crippen LogP contribution is 2.27. The summed E-state index contributed by atoms with van der Waals surface area (Å²) < 4.78 is 51.7. The molecule has 2 N–H and O–H groups in total. The Morgan fingerprint density at radius 3 is 2.41 bits per heavy atom. The lowest BCUT2D eigenvalue weighted by molar-refractivity contribution is -0.146. The van der Waals surface area contributed by atoms with E-state index in [9.17, 15) is 16.8 Å². The zero-order chi connectivity index (χ0) is 20.1. The largest absolute Gasteiger partial charge is 0.384 e. The molecule has 0 radical (unpaired) electrons. The van der Waals surface area contributed by atoms with Gasteiger partial charge >= 0.3 is 0 Å². The Balaban J connectivity index is 2.09. The van der Waals surface area contributed by atoms with E-state index in [1.54, 1.807) is 26.0 Å². The molecule has 0 aromatic heterocycles. The van der Waals surface area contributed by atoms with Crippen molar-refractivity contribution < 1.29 is 21.7 Å². The molecule has 1 fully saturated rings. The van der Waals surface area contributed by atoms with Crippen LogP contribution in [0.3, 0.4) is 0 Å². The van der Waals surface area contributed by atoms with Gasteiger partial charge in [0.15, 0.2) is 0 Å². The summed E-state index contributed by atoms with van der Waals surface area (Å²) in [5.74, 6) is 0. The molecule has 1 aliphatic carbocycles. The summed E-state index contributed by atoms with van der Waals surface area (Å²) in [5, 5.41) is 3.02. The third kappa shape index (κ3) is 6.72. The summed E-state index contributed by atoms with van der Waals surface area (Å²) in [6.45, 7) is 4.11. The third-order valence-electron chi connectivity index (χ3n) is 4.16. The summed E-state index contributed by atoms with van der Waals surface area (Å²) in [5.41, 5.74) is 0.593. The molecule has 154 valence electrons. The monoisotopic (exact) mass is 419 g/mol. The Morgan fingerprint density at radius 1 is 1.15 bits per heavy atom. The molecule has 27 heavy (non-hydrogen) atoms. The van der Waals surface area contributed by atoms with Crippen LogP contribution in [0.5, 0.6) is 0 Å². The highest BCUT2D eigenvalue weighted by molar-refractivity contribution is 7.89. The van der Waals surface area contributed by atoms with Gasteiger partial charge in [-0.2, -0.15) is 0 Å². The van der Waals surface area contributed by atoms with Gasteiger partial charge in [-0.1, -0.05) is 23.4 Å². The van der Waals surface area contributed by atoms with E-state index in [1.165, 1.54) is 12.1 Å². The molecule has 1 aliphatic rings. The number of hydrogen-bond donors (Lipinski definition) is 2. The second-order valence-corrected chi connectivity index (χ2v) is 10.6. The molecular formula is C17H29N3O5S2. The predicted molar refractivity (Wildman–Crippen MR) is 105 cm³/mol. The van der Waals surface area contributed by atoms with E-state index in [0.29, 0.717) is 12.2 Å². The minimum Gasteiger partial charge on any atom is -0.384 e. The number of rotatable bonds is 10. The van der Waals surface area contributed by atoms with Crippen LogP contribution in [0.2, 0.25) is 0 Å². The standard InChI is InChI=1S/C17H29N3O5S2/c1-14(2)20(25-16-8-4-5-9-16)27(23,24)17-10-6-7-15(13-17)18-11-12-19-26(3,21)22/h6-7,10,13-14,16,18-19H,4-5,8-9,11-12H2,1-3H3. The van der Waals surface area contributed by atoms with Crippen LogP contribution >= 0.6 is 0 Å². The van der Waals surface area contributed by atoms with Crippen molar-refractivity contribution >= 4 is 25.7 Å². The maximum atomic E-state index is 13.1. The number of nitrogens with zero attached hydrogens (tertiary/aromatic N) is 1. The van der Waals surface area contributed by atoms with Crippen LogP contribution in [-0.2, 0) is 24.9 Å². The topological polar surface area (TPSA) is 105 Å². The number of benzene rings is 1. The highest BCUT2D eigenvalue weighted by atomic mass is 32.2. The molecule has 0 heterocycles. The van der Waals surface area contributed by atoms with Crippen LogP contribution in [0, 0.1) is 0 Å². The molecular weight excluding hydrogens is 390 g/mol. The lowest BCUT2D eigenvalue weighted by Gasteiger charge is -2.28. The first-order chi connectivity index (χ1) is 12.6. The van der Waals surface area contributed by atoms with E-state index < -0.39 is 20.0 Å². The molecule has 1 aromatic carbocycles. The maximum absolute atomic E-state index is 13.1. The van der Waals surface area contributed by atoms with Crippen molar-refractivity contribution in [3.05, 3.63) is 24.3 Å². The molecule has 0 unspecified atom stereocenters. The van der Waals surface area contributed by atoms with Crippen molar-refractivity contribution in [1.82, 2.24) is 9.19 Å². The van der Waals surface area contributed by atoms with Gasteiger partial charge in [-0.3, -0.25) is 4.84 Å². The molecule has 1 aromatic rings. The molecule has 0 amide bonds. The van der Waals surface area contributed by atoms with Crippen LogP contribution in [0.25, 0.3) is 0 Å². The van der Waals surface area contributed by atoms with Gasteiger partial charge < -0.3 is 5.32 Å². The first-order valence-electron chi connectivity index (χ1n) is 9.09. The molecule has 0 saturated heterocycles. The number of hydrogen-bond acceptors (Lipinski definition) is 6. The summed E-state index contributed by atoms with van der Waals surface area (Å²) in [6.07, 6.45) is 4.87. The second-order valence-electron chi connectivity index (χ2n) is 6.99. The van der Waals surface area contributed by atoms with Gasteiger partial charge in [0.1, 0.15) is 0 Å². The summed E-state index contributed by atoms with van der Waals surface area (Å²) in [7, 11) is -7.06. The number of hydroxylamine groups is 1. The van der Waals surface area contributed by atoms with E-state index in [1.807, 2.05) is 0 Å². The molecule has 2 rings (SSSR count). The normalized spacial score (nSPS) is 16.3. The Kier molecular flexibility index (Phi) is 7.64. The van der Waals surface area contributed by atoms with Gasteiger partial charge in [-0.25, -0.2) is 21.6 Å². The zero-order valence-corrected chi connectivity index (χ0v) is 17.6. The van der Waals surface area contributed by atoms with Gasteiger partial charge in [0, 0.05) is 24.8 Å². The molecule has 1 saturated carbocycles. The minimum absolute atomic E-state index is 0.0643. The molecule has 0 bridgehead atoms. The molecule has 0 atom stereocenters. The second kappa shape index (κ2) is 9.33. The average molecular weight is 420 g/mol. The van der Waals surface area contributed by atoms with Crippen molar-refractivity contribution in [2.45, 2.75) is 56.6 Å². The lowest BCUT2D eigenvalue weighted by Crippen LogP contribution is -2.39. The first kappa shape index (κ1) is 22.1. The Morgan fingerprint density at radius 2 is 1.81 bits per heavy atom. The smallest absolute Gasteiger partial charge is 0.265 e. The molecule has 8 nitrogen and oxygen atoms in total. The molecule has 10 heteroatoms. The molecule has 0 spiro atoms. The third-order valence-corrected chi connectivity index (χ3v) is 6.72. The van der Waals surface area contributed by atoms with Crippen molar-refractivity contribution in [3.8, 4) is 0 Å². The summed E-state index contributed by atoms with van der Waals surface area (Å²) in [6, 6.07) is 6.11. The number of anilines is 1. The van der Waals surface area contributed by atoms with Gasteiger partial charge in [0.05, 0.1) is 17.3 Å². The summed E-state index contributed by atoms with van der Waals surface area (Å²) >= 11 is 0. The van der Waals surface area contributed by atoms with Crippen LogP contribution in [0.15, 0.2) is 29.2 Å². The van der Waals surface area contributed by atoms with Crippen molar-refractivity contribution in [1.29, 1.82) is 0 Å². The van der Waals surface area contributed by atoms with Crippen LogP contribution < -0.4 is 10.0 Å². The van der Waals surface area contributed by atoms with Crippen molar-refractivity contribution in [2.75, 3.05) is 24.7 Å². The van der Waals surface area contributed by atoms with Crippen LogP contribution in [0.1, 0.15) is 39.5 Å². The zero-order valence-electron chi connectivity index (χ0n) is 16.0. The van der Waals surface area contributed by atoms with Gasteiger partial charge in [0.25, 0.3) is 10.0 Å². The fraction of sp³-hybridized carbons (Fsp3) is 0.647. The van der Waals surface area contributed by atoms with E-state index in [-0.39, 0.29) is 23.6 Å². The maximum Gasteiger partial charge on any atom is 0.265 e. The minimum atomic E-state index is -3.80.